The number of nitrogens with zero attached hydrogens (tertiary/aromatic N) is 1. The van der Waals surface area contributed by atoms with Crippen LogP contribution in [0.1, 0.15) is 0 Å². The SMILES string of the molecule is ON=C1[C@H]2C=CC=C[C@H]1C=C2. The lowest BCUT2D eigenvalue weighted by Gasteiger charge is -2.04. The van der Waals surface area contributed by atoms with Gasteiger partial charge in [0.05, 0.1) is 5.71 Å². The van der Waals surface area contributed by atoms with Crippen LogP contribution in [0.3, 0.4) is 0 Å². The van der Waals surface area contributed by atoms with Gasteiger partial charge in [0.1, 0.15) is 0 Å². The second-order valence-corrected chi connectivity index (χ2v) is 2.73. The topological polar surface area (TPSA) is 32.6 Å². The van der Waals surface area contributed by atoms with Crippen molar-refractivity contribution in [3.8, 4) is 0 Å². The maximum absolute atomic E-state index is 8.68. The van der Waals surface area contributed by atoms with E-state index in [0.717, 1.165) is 5.71 Å². The second-order valence-electron chi connectivity index (χ2n) is 2.73. The van der Waals surface area contributed by atoms with Gasteiger partial charge in [0.25, 0.3) is 0 Å². The van der Waals surface area contributed by atoms with Crippen molar-refractivity contribution < 1.29 is 5.21 Å². The molecule has 2 rings (SSSR count). The van der Waals surface area contributed by atoms with Crippen molar-refractivity contribution in [2.75, 3.05) is 0 Å². The Balaban J connectivity index is 2.43. The van der Waals surface area contributed by atoms with E-state index in [1.807, 2.05) is 24.3 Å². The molecule has 2 aliphatic carbocycles. The van der Waals surface area contributed by atoms with E-state index in [1.165, 1.54) is 0 Å². The smallest absolute Gasteiger partial charge is 0.0783 e. The Hall–Kier alpha value is -1.31. The molecule has 56 valence electrons. The van der Waals surface area contributed by atoms with Crippen molar-refractivity contribution in [3.63, 3.8) is 0 Å². The van der Waals surface area contributed by atoms with Crippen LogP contribution in [0, 0.1) is 11.8 Å². The first kappa shape index (κ1) is 6.40. The fourth-order valence-electron chi connectivity index (χ4n) is 1.49. The minimum absolute atomic E-state index is 0.208. The zero-order valence-electron chi connectivity index (χ0n) is 6.01. The van der Waals surface area contributed by atoms with Gasteiger partial charge in [0.2, 0.25) is 0 Å². The summed E-state index contributed by atoms with van der Waals surface area (Å²) in [4.78, 5) is 0. The fraction of sp³-hybridized carbons (Fsp3) is 0.222. The summed E-state index contributed by atoms with van der Waals surface area (Å²) in [5.74, 6) is 0.417. The van der Waals surface area contributed by atoms with Crippen molar-refractivity contribution in [3.05, 3.63) is 36.5 Å². The number of allylic oxidation sites excluding steroid dienone is 6. The summed E-state index contributed by atoms with van der Waals surface area (Å²) in [5, 5.41) is 12.0. The fourth-order valence-corrected chi connectivity index (χ4v) is 1.49. The van der Waals surface area contributed by atoms with Crippen molar-refractivity contribution >= 4 is 5.71 Å². The third kappa shape index (κ3) is 0.909. The summed E-state index contributed by atoms with van der Waals surface area (Å²) >= 11 is 0. The van der Waals surface area contributed by atoms with E-state index in [1.54, 1.807) is 0 Å². The first-order chi connectivity index (χ1) is 5.42. The van der Waals surface area contributed by atoms with Gasteiger partial charge in [-0.3, -0.25) is 0 Å². The van der Waals surface area contributed by atoms with Gasteiger partial charge in [-0.1, -0.05) is 41.6 Å². The quantitative estimate of drug-likeness (QED) is 0.316. The van der Waals surface area contributed by atoms with Crippen LogP contribution in [0.15, 0.2) is 41.6 Å². The highest BCUT2D eigenvalue weighted by Gasteiger charge is 2.24. The van der Waals surface area contributed by atoms with Crippen molar-refractivity contribution in [2.45, 2.75) is 0 Å². The molecule has 0 heterocycles. The molecule has 2 nitrogen and oxygen atoms in total. The van der Waals surface area contributed by atoms with Crippen LogP contribution in [-0.2, 0) is 0 Å². The molecule has 0 saturated carbocycles. The Morgan fingerprint density at radius 1 is 1.00 bits per heavy atom. The van der Waals surface area contributed by atoms with Crippen LogP contribution < -0.4 is 0 Å². The molecule has 0 radical (unpaired) electrons. The average molecular weight is 147 g/mol. The second kappa shape index (κ2) is 2.38. The number of hydrogen-bond donors (Lipinski definition) is 1. The van der Waals surface area contributed by atoms with Crippen LogP contribution in [0.25, 0.3) is 0 Å². The summed E-state index contributed by atoms with van der Waals surface area (Å²) in [6, 6.07) is 0. The van der Waals surface area contributed by atoms with Crippen LogP contribution in [0.5, 0.6) is 0 Å². The van der Waals surface area contributed by atoms with E-state index in [-0.39, 0.29) is 11.8 Å². The number of rotatable bonds is 0. The van der Waals surface area contributed by atoms with E-state index >= 15 is 0 Å². The molecular weight excluding hydrogens is 138 g/mol. The lowest BCUT2D eigenvalue weighted by atomic mass is 10.0. The van der Waals surface area contributed by atoms with Crippen molar-refractivity contribution in [2.24, 2.45) is 17.0 Å². The zero-order valence-corrected chi connectivity index (χ0v) is 6.01. The lowest BCUT2D eigenvalue weighted by Crippen LogP contribution is -2.11. The predicted octanol–water partition coefficient (Wildman–Crippen LogP) is 1.74. The molecule has 2 heteroatoms. The minimum Gasteiger partial charge on any atom is -0.411 e. The van der Waals surface area contributed by atoms with Crippen LogP contribution in [-0.4, -0.2) is 10.9 Å². The zero-order chi connectivity index (χ0) is 7.68. The molecule has 0 fully saturated rings. The molecule has 2 atom stereocenters. The van der Waals surface area contributed by atoms with Crippen molar-refractivity contribution in [1.29, 1.82) is 0 Å². The maximum atomic E-state index is 8.68. The van der Waals surface area contributed by atoms with Crippen LogP contribution >= 0.6 is 0 Å². The molecule has 1 N–H and O–H groups in total. The van der Waals surface area contributed by atoms with E-state index < -0.39 is 0 Å². The Bertz CT molecular complexity index is 249. The number of hydrogen-bond acceptors (Lipinski definition) is 2. The Labute approximate surface area is 65.2 Å². The highest BCUT2D eigenvalue weighted by atomic mass is 16.4. The Kier molecular flexibility index (Phi) is 1.39. The van der Waals surface area contributed by atoms with Crippen molar-refractivity contribution in [1.82, 2.24) is 0 Å². The number of oxime groups is 1. The normalized spacial score (nSPS) is 32.5. The summed E-state index contributed by atoms with van der Waals surface area (Å²) in [7, 11) is 0. The summed E-state index contributed by atoms with van der Waals surface area (Å²) in [6.07, 6.45) is 12.1. The molecule has 11 heavy (non-hydrogen) atoms. The van der Waals surface area contributed by atoms with E-state index in [2.05, 4.69) is 17.3 Å². The molecule has 0 spiro atoms. The number of fused-ring (bicyclic) bond motifs is 2. The highest BCUT2D eigenvalue weighted by Crippen LogP contribution is 2.25. The van der Waals surface area contributed by atoms with E-state index in [0.29, 0.717) is 0 Å². The van der Waals surface area contributed by atoms with Gasteiger partial charge in [-0.25, -0.2) is 0 Å². The van der Waals surface area contributed by atoms with Gasteiger partial charge in [-0.15, -0.1) is 0 Å². The van der Waals surface area contributed by atoms with Gasteiger partial charge in [-0.05, 0) is 0 Å². The molecule has 0 aromatic rings. The molecule has 0 amide bonds. The lowest BCUT2D eigenvalue weighted by molar-refractivity contribution is 0.315. The van der Waals surface area contributed by atoms with E-state index in [9.17, 15) is 0 Å². The van der Waals surface area contributed by atoms with Gasteiger partial charge in [0, 0.05) is 11.8 Å². The standard InChI is InChI=1S/C9H9NO/c11-10-9-7-3-1-2-4-8(9)6-5-7/h1-8,11H/t7-,8-/m0/s1. The maximum Gasteiger partial charge on any atom is 0.0783 e. The van der Waals surface area contributed by atoms with Gasteiger partial charge in [-0.2, -0.15) is 0 Å². The third-order valence-electron chi connectivity index (χ3n) is 2.07. The highest BCUT2D eigenvalue weighted by molar-refractivity contribution is 5.97. The largest absolute Gasteiger partial charge is 0.411 e. The van der Waals surface area contributed by atoms with E-state index in [4.69, 9.17) is 5.21 Å². The monoisotopic (exact) mass is 147 g/mol. The van der Waals surface area contributed by atoms with Crippen LogP contribution in [0.2, 0.25) is 0 Å². The molecule has 0 aromatic carbocycles. The Morgan fingerprint density at radius 3 is 2.00 bits per heavy atom. The molecule has 0 aliphatic heterocycles. The van der Waals surface area contributed by atoms with Gasteiger partial charge < -0.3 is 5.21 Å². The van der Waals surface area contributed by atoms with Gasteiger partial charge in [0.15, 0.2) is 0 Å². The average Bonchev–Trinajstić information content (AvgIpc) is 2.23. The molecule has 2 bridgehead atoms. The summed E-state index contributed by atoms with van der Waals surface area (Å²) in [6.45, 7) is 0. The Morgan fingerprint density at radius 2 is 1.55 bits per heavy atom. The summed E-state index contributed by atoms with van der Waals surface area (Å²) in [5.41, 5.74) is 0.829. The first-order valence-electron chi connectivity index (χ1n) is 3.67. The molecule has 0 unspecified atom stereocenters. The molecular formula is C9H9NO. The van der Waals surface area contributed by atoms with Gasteiger partial charge >= 0.3 is 0 Å². The molecule has 0 saturated heterocycles. The first-order valence-corrected chi connectivity index (χ1v) is 3.67. The summed E-state index contributed by atoms with van der Waals surface area (Å²) < 4.78 is 0. The minimum atomic E-state index is 0.208. The van der Waals surface area contributed by atoms with Crippen LogP contribution in [0.4, 0.5) is 0 Å². The third-order valence-corrected chi connectivity index (χ3v) is 2.07. The molecule has 0 aromatic heterocycles. The molecule has 2 aliphatic rings. The predicted molar refractivity (Wildman–Crippen MR) is 43.6 cm³/mol.